The Balaban J connectivity index is 2.42. The number of ether oxygens (including phenoxy) is 1. The Morgan fingerprint density at radius 1 is 1.29 bits per heavy atom. The summed E-state index contributed by atoms with van der Waals surface area (Å²) in [6.45, 7) is 2.67. The first-order valence-corrected chi connectivity index (χ1v) is 5.02. The summed E-state index contributed by atoms with van der Waals surface area (Å²) < 4.78 is 5.33. The van der Waals surface area contributed by atoms with Crippen LogP contribution < -0.4 is 4.74 Å². The fourth-order valence-electron chi connectivity index (χ4n) is 1.31. The Bertz CT molecular complexity index is 264. The molecule has 0 heterocycles. The van der Waals surface area contributed by atoms with Crippen LogP contribution in [0.2, 0.25) is 0 Å². The van der Waals surface area contributed by atoms with Crippen molar-refractivity contribution in [2.45, 2.75) is 26.2 Å². The number of benzene rings is 1. The van der Waals surface area contributed by atoms with E-state index in [1.807, 2.05) is 19.1 Å². The molecule has 0 unspecified atom stereocenters. The molecule has 0 spiro atoms. The van der Waals surface area contributed by atoms with Crippen molar-refractivity contribution < 1.29 is 9.53 Å². The summed E-state index contributed by atoms with van der Waals surface area (Å²) in [7, 11) is 0. The fourth-order valence-corrected chi connectivity index (χ4v) is 1.31. The summed E-state index contributed by atoms with van der Waals surface area (Å²) in [6, 6.07) is 8.05. The predicted octanol–water partition coefficient (Wildman–Crippen LogP) is 2.61. The maximum atomic E-state index is 10.1. The number of aldehydes is 1. The summed E-state index contributed by atoms with van der Waals surface area (Å²) in [5, 5.41) is 0. The van der Waals surface area contributed by atoms with Crippen molar-refractivity contribution in [1.29, 1.82) is 0 Å². The first kappa shape index (κ1) is 10.8. The van der Waals surface area contributed by atoms with E-state index in [1.165, 1.54) is 5.56 Å². The van der Waals surface area contributed by atoms with E-state index in [4.69, 9.17) is 4.74 Å². The average molecular weight is 192 g/mol. The van der Waals surface area contributed by atoms with Crippen molar-refractivity contribution in [2.24, 2.45) is 0 Å². The number of hydrogen-bond acceptors (Lipinski definition) is 2. The first-order chi connectivity index (χ1) is 6.86. The standard InChI is InChI=1S/C12H16O2/c1-2-14-12-8-6-11(7-9-12)5-3-4-10-13/h6-10H,2-5H2,1H3. The molecule has 0 aliphatic rings. The molecule has 76 valence electrons. The van der Waals surface area contributed by atoms with Crippen LogP contribution in [-0.2, 0) is 11.2 Å². The van der Waals surface area contributed by atoms with Crippen LogP contribution in [0.25, 0.3) is 0 Å². The van der Waals surface area contributed by atoms with Crippen molar-refractivity contribution >= 4 is 6.29 Å². The van der Waals surface area contributed by atoms with Crippen LogP contribution in [0.15, 0.2) is 24.3 Å². The third kappa shape index (κ3) is 3.60. The van der Waals surface area contributed by atoms with Crippen molar-refractivity contribution in [3.8, 4) is 5.75 Å². The zero-order chi connectivity index (χ0) is 10.2. The zero-order valence-corrected chi connectivity index (χ0v) is 8.53. The molecule has 0 fully saturated rings. The number of rotatable bonds is 6. The molecule has 0 saturated heterocycles. The smallest absolute Gasteiger partial charge is 0.120 e. The van der Waals surface area contributed by atoms with Gasteiger partial charge >= 0.3 is 0 Å². The lowest BCUT2D eigenvalue weighted by Gasteiger charge is -2.03. The van der Waals surface area contributed by atoms with E-state index in [2.05, 4.69) is 12.1 Å². The molecule has 14 heavy (non-hydrogen) atoms. The Morgan fingerprint density at radius 2 is 2.00 bits per heavy atom. The predicted molar refractivity (Wildman–Crippen MR) is 56.6 cm³/mol. The molecule has 0 atom stereocenters. The van der Waals surface area contributed by atoms with Crippen molar-refractivity contribution in [3.63, 3.8) is 0 Å². The van der Waals surface area contributed by atoms with Gasteiger partial charge in [0.15, 0.2) is 0 Å². The lowest BCUT2D eigenvalue weighted by molar-refractivity contribution is -0.107. The average Bonchev–Trinajstić information content (AvgIpc) is 2.21. The second kappa shape index (κ2) is 6.19. The molecule has 0 bridgehead atoms. The Kier molecular flexibility index (Phi) is 4.76. The molecule has 0 aromatic heterocycles. The number of aryl methyl sites for hydroxylation is 1. The molecule has 2 heteroatoms. The zero-order valence-electron chi connectivity index (χ0n) is 8.53. The lowest BCUT2D eigenvalue weighted by atomic mass is 10.1. The maximum absolute atomic E-state index is 10.1. The van der Waals surface area contributed by atoms with Crippen LogP contribution in [0.3, 0.4) is 0 Å². The van der Waals surface area contributed by atoms with Gasteiger partial charge < -0.3 is 9.53 Å². The fraction of sp³-hybridized carbons (Fsp3) is 0.417. The van der Waals surface area contributed by atoms with Gasteiger partial charge in [0.2, 0.25) is 0 Å². The summed E-state index contributed by atoms with van der Waals surface area (Å²) in [4.78, 5) is 10.1. The Hall–Kier alpha value is -1.31. The van der Waals surface area contributed by atoms with Crippen molar-refractivity contribution in [3.05, 3.63) is 29.8 Å². The molecule has 0 amide bonds. The van der Waals surface area contributed by atoms with Gasteiger partial charge in [-0.05, 0) is 37.5 Å². The van der Waals surface area contributed by atoms with Gasteiger partial charge in [-0.3, -0.25) is 0 Å². The molecular formula is C12H16O2. The summed E-state index contributed by atoms with van der Waals surface area (Å²) in [6.07, 6.45) is 3.50. The second-order valence-electron chi connectivity index (χ2n) is 3.14. The van der Waals surface area contributed by atoms with Crippen molar-refractivity contribution in [2.75, 3.05) is 6.61 Å². The lowest BCUT2D eigenvalue weighted by Crippen LogP contribution is -1.92. The molecule has 1 aromatic carbocycles. The highest BCUT2D eigenvalue weighted by Gasteiger charge is 1.94. The van der Waals surface area contributed by atoms with Gasteiger partial charge in [0.1, 0.15) is 12.0 Å². The maximum Gasteiger partial charge on any atom is 0.120 e. The van der Waals surface area contributed by atoms with E-state index >= 15 is 0 Å². The summed E-state index contributed by atoms with van der Waals surface area (Å²) in [5.41, 5.74) is 1.26. The number of unbranched alkanes of at least 4 members (excludes halogenated alkanes) is 1. The molecule has 1 aromatic rings. The largest absolute Gasteiger partial charge is 0.494 e. The highest BCUT2D eigenvalue weighted by atomic mass is 16.5. The van der Waals surface area contributed by atoms with Gasteiger partial charge in [-0.2, -0.15) is 0 Å². The topological polar surface area (TPSA) is 26.3 Å². The van der Waals surface area contributed by atoms with Crippen LogP contribution in [-0.4, -0.2) is 12.9 Å². The molecule has 0 saturated carbocycles. The van der Waals surface area contributed by atoms with Gasteiger partial charge in [-0.25, -0.2) is 0 Å². The molecular weight excluding hydrogens is 176 g/mol. The monoisotopic (exact) mass is 192 g/mol. The third-order valence-electron chi connectivity index (χ3n) is 2.02. The molecule has 2 nitrogen and oxygen atoms in total. The van der Waals surface area contributed by atoms with Crippen molar-refractivity contribution in [1.82, 2.24) is 0 Å². The SMILES string of the molecule is CCOc1ccc(CCCC=O)cc1. The number of carbonyl (C=O) groups excluding carboxylic acids is 1. The molecule has 0 aliphatic carbocycles. The Labute approximate surface area is 84.9 Å². The summed E-state index contributed by atoms with van der Waals surface area (Å²) >= 11 is 0. The van der Waals surface area contributed by atoms with E-state index in [9.17, 15) is 4.79 Å². The van der Waals surface area contributed by atoms with Crippen LogP contribution in [0.4, 0.5) is 0 Å². The van der Waals surface area contributed by atoms with Gasteiger partial charge in [-0.15, -0.1) is 0 Å². The minimum atomic E-state index is 0.646. The molecule has 0 radical (unpaired) electrons. The van der Waals surface area contributed by atoms with E-state index in [0.29, 0.717) is 13.0 Å². The van der Waals surface area contributed by atoms with Gasteiger partial charge in [0.05, 0.1) is 6.61 Å². The normalized spacial score (nSPS) is 9.79. The molecule has 0 aliphatic heterocycles. The molecule has 1 rings (SSSR count). The molecule has 0 N–H and O–H groups in total. The van der Waals surface area contributed by atoms with Crippen LogP contribution in [0.1, 0.15) is 25.3 Å². The number of hydrogen-bond donors (Lipinski definition) is 0. The van der Waals surface area contributed by atoms with Crippen LogP contribution >= 0.6 is 0 Å². The van der Waals surface area contributed by atoms with Gasteiger partial charge in [-0.1, -0.05) is 12.1 Å². The summed E-state index contributed by atoms with van der Waals surface area (Å²) in [5.74, 6) is 0.909. The minimum Gasteiger partial charge on any atom is -0.494 e. The van der Waals surface area contributed by atoms with E-state index < -0.39 is 0 Å². The van der Waals surface area contributed by atoms with Gasteiger partial charge in [0, 0.05) is 6.42 Å². The highest BCUT2D eigenvalue weighted by Crippen LogP contribution is 2.13. The number of carbonyl (C=O) groups is 1. The van der Waals surface area contributed by atoms with Gasteiger partial charge in [0.25, 0.3) is 0 Å². The quantitative estimate of drug-likeness (QED) is 0.511. The van der Waals surface area contributed by atoms with Crippen LogP contribution in [0, 0.1) is 0 Å². The third-order valence-corrected chi connectivity index (χ3v) is 2.02. The highest BCUT2D eigenvalue weighted by molar-refractivity contribution is 5.49. The first-order valence-electron chi connectivity index (χ1n) is 5.02. The second-order valence-corrected chi connectivity index (χ2v) is 3.14. The minimum absolute atomic E-state index is 0.646. The Morgan fingerprint density at radius 3 is 2.57 bits per heavy atom. The van der Waals surface area contributed by atoms with E-state index in [-0.39, 0.29) is 0 Å². The van der Waals surface area contributed by atoms with E-state index in [0.717, 1.165) is 24.9 Å². The van der Waals surface area contributed by atoms with Crippen LogP contribution in [0.5, 0.6) is 5.75 Å². The van der Waals surface area contributed by atoms with E-state index in [1.54, 1.807) is 0 Å².